The SMILES string of the molecule is C=C(C(=O)NCC(=O)OCc1ccccc1)C(O)c1ccccc1. The van der Waals surface area contributed by atoms with Crippen molar-refractivity contribution in [2.45, 2.75) is 12.7 Å². The number of hydrogen-bond donors (Lipinski definition) is 2. The van der Waals surface area contributed by atoms with Gasteiger partial charge in [0.15, 0.2) is 0 Å². The molecule has 1 atom stereocenters. The molecule has 0 aliphatic heterocycles. The third kappa shape index (κ3) is 5.07. The number of benzene rings is 2. The van der Waals surface area contributed by atoms with Crippen molar-refractivity contribution in [2.24, 2.45) is 0 Å². The van der Waals surface area contributed by atoms with E-state index in [1.54, 1.807) is 24.3 Å². The van der Waals surface area contributed by atoms with Gasteiger partial charge in [0.05, 0.1) is 0 Å². The van der Waals surface area contributed by atoms with Crippen molar-refractivity contribution in [3.05, 3.63) is 83.9 Å². The highest BCUT2D eigenvalue weighted by Crippen LogP contribution is 2.19. The zero-order chi connectivity index (χ0) is 17.4. The molecule has 0 aliphatic rings. The van der Waals surface area contributed by atoms with Gasteiger partial charge in [0.1, 0.15) is 19.3 Å². The fourth-order valence-electron chi connectivity index (χ4n) is 2.02. The normalized spacial score (nSPS) is 11.4. The standard InChI is InChI=1S/C19H19NO4/c1-14(18(22)16-10-6-3-7-11-16)19(23)20-12-17(21)24-13-15-8-4-2-5-9-15/h2-11,18,22H,1,12-13H2,(H,20,23). The Labute approximate surface area is 140 Å². The highest BCUT2D eigenvalue weighted by Gasteiger charge is 2.18. The third-order valence-electron chi connectivity index (χ3n) is 3.37. The molecule has 124 valence electrons. The summed E-state index contributed by atoms with van der Waals surface area (Å²) < 4.78 is 5.06. The second-order valence-electron chi connectivity index (χ2n) is 5.17. The fourth-order valence-corrected chi connectivity index (χ4v) is 2.02. The summed E-state index contributed by atoms with van der Waals surface area (Å²) in [5.74, 6) is -1.16. The van der Waals surface area contributed by atoms with E-state index in [-0.39, 0.29) is 18.7 Å². The summed E-state index contributed by atoms with van der Waals surface area (Å²) in [7, 11) is 0. The van der Waals surface area contributed by atoms with Gasteiger partial charge in [-0.1, -0.05) is 67.2 Å². The molecule has 0 aliphatic carbocycles. The lowest BCUT2D eigenvalue weighted by atomic mass is 10.0. The molecule has 0 bridgehead atoms. The average molecular weight is 325 g/mol. The van der Waals surface area contributed by atoms with Crippen LogP contribution in [0.5, 0.6) is 0 Å². The summed E-state index contributed by atoms with van der Waals surface area (Å²) >= 11 is 0. The van der Waals surface area contributed by atoms with Crippen LogP contribution in [-0.4, -0.2) is 23.5 Å². The summed E-state index contributed by atoms with van der Waals surface area (Å²) in [6.45, 7) is 3.44. The van der Waals surface area contributed by atoms with Gasteiger partial charge >= 0.3 is 5.97 Å². The molecule has 0 saturated carbocycles. The molecule has 2 aromatic carbocycles. The number of aliphatic hydroxyl groups is 1. The van der Waals surface area contributed by atoms with E-state index >= 15 is 0 Å². The first kappa shape index (κ1) is 17.4. The first-order valence-electron chi connectivity index (χ1n) is 7.47. The summed E-state index contributed by atoms with van der Waals surface area (Å²) in [6, 6.07) is 17.9. The van der Waals surface area contributed by atoms with Gasteiger partial charge in [0.25, 0.3) is 0 Å². The van der Waals surface area contributed by atoms with E-state index in [1.807, 2.05) is 36.4 Å². The molecule has 2 N–H and O–H groups in total. The van der Waals surface area contributed by atoms with Crippen LogP contribution in [0.4, 0.5) is 0 Å². The molecular weight excluding hydrogens is 306 g/mol. The largest absolute Gasteiger partial charge is 0.460 e. The molecule has 0 spiro atoms. The van der Waals surface area contributed by atoms with Crippen LogP contribution in [0.25, 0.3) is 0 Å². The van der Waals surface area contributed by atoms with Crippen molar-refractivity contribution >= 4 is 11.9 Å². The zero-order valence-electron chi connectivity index (χ0n) is 13.1. The van der Waals surface area contributed by atoms with Crippen LogP contribution < -0.4 is 5.32 Å². The quantitative estimate of drug-likeness (QED) is 0.604. The number of amides is 1. The number of carbonyl (C=O) groups excluding carboxylic acids is 2. The molecule has 5 nitrogen and oxygen atoms in total. The Bertz CT molecular complexity index is 698. The lowest BCUT2D eigenvalue weighted by Crippen LogP contribution is -2.32. The van der Waals surface area contributed by atoms with Crippen LogP contribution in [0.15, 0.2) is 72.8 Å². The number of hydrogen-bond acceptors (Lipinski definition) is 4. The number of ether oxygens (including phenoxy) is 1. The Hall–Kier alpha value is -2.92. The molecular formula is C19H19NO4. The minimum atomic E-state index is -1.12. The van der Waals surface area contributed by atoms with Crippen LogP contribution in [-0.2, 0) is 20.9 Å². The lowest BCUT2D eigenvalue weighted by molar-refractivity contribution is -0.144. The van der Waals surface area contributed by atoms with Crippen LogP contribution in [0, 0.1) is 0 Å². The van der Waals surface area contributed by atoms with Crippen LogP contribution in [0.3, 0.4) is 0 Å². The van der Waals surface area contributed by atoms with Gasteiger partial charge in [-0.2, -0.15) is 0 Å². The maximum atomic E-state index is 12.0. The van der Waals surface area contributed by atoms with Crippen molar-refractivity contribution < 1.29 is 19.4 Å². The summed E-state index contributed by atoms with van der Waals surface area (Å²) in [4.78, 5) is 23.6. The molecule has 1 unspecified atom stereocenters. The number of nitrogens with one attached hydrogen (secondary N) is 1. The van der Waals surface area contributed by atoms with Crippen molar-refractivity contribution in [1.29, 1.82) is 0 Å². The molecule has 2 rings (SSSR count). The van der Waals surface area contributed by atoms with Gasteiger partial charge in [-0.05, 0) is 11.1 Å². The van der Waals surface area contributed by atoms with E-state index in [9.17, 15) is 14.7 Å². The molecule has 0 fully saturated rings. The van der Waals surface area contributed by atoms with Crippen LogP contribution in [0.2, 0.25) is 0 Å². The average Bonchev–Trinajstić information content (AvgIpc) is 2.64. The van der Waals surface area contributed by atoms with Gasteiger partial charge in [-0.3, -0.25) is 9.59 Å². The second kappa shape index (κ2) is 8.64. The number of aliphatic hydroxyl groups excluding tert-OH is 1. The topological polar surface area (TPSA) is 75.6 Å². The summed E-state index contributed by atoms with van der Waals surface area (Å²) in [5, 5.41) is 12.5. The summed E-state index contributed by atoms with van der Waals surface area (Å²) in [5.41, 5.74) is 1.39. The van der Waals surface area contributed by atoms with Crippen LogP contribution in [0.1, 0.15) is 17.2 Å². The molecule has 2 aromatic rings. The molecule has 1 amide bonds. The van der Waals surface area contributed by atoms with Gasteiger partial charge in [-0.15, -0.1) is 0 Å². The van der Waals surface area contributed by atoms with E-state index < -0.39 is 18.0 Å². The van der Waals surface area contributed by atoms with Gasteiger partial charge < -0.3 is 15.2 Å². The van der Waals surface area contributed by atoms with Crippen molar-refractivity contribution in [1.82, 2.24) is 5.32 Å². The van der Waals surface area contributed by atoms with Crippen molar-refractivity contribution in [3.8, 4) is 0 Å². The lowest BCUT2D eigenvalue weighted by Gasteiger charge is -2.14. The van der Waals surface area contributed by atoms with Gasteiger partial charge in [0.2, 0.25) is 5.91 Å². The van der Waals surface area contributed by atoms with Gasteiger partial charge in [-0.25, -0.2) is 0 Å². The Morgan fingerprint density at radius 2 is 1.62 bits per heavy atom. The number of esters is 1. The molecule has 0 aromatic heterocycles. The minimum absolute atomic E-state index is 0.0305. The first-order valence-corrected chi connectivity index (χ1v) is 7.47. The van der Waals surface area contributed by atoms with E-state index in [4.69, 9.17) is 4.74 Å². The van der Waals surface area contributed by atoms with Crippen LogP contribution >= 0.6 is 0 Å². The van der Waals surface area contributed by atoms with Gasteiger partial charge in [0, 0.05) is 5.57 Å². The molecule has 24 heavy (non-hydrogen) atoms. The van der Waals surface area contributed by atoms with Crippen molar-refractivity contribution in [2.75, 3.05) is 6.54 Å². The monoisotopic (exact) mass is 325 g/mol. The molecule has 0 saturated heterocycles. The Morgan fingerprint density at radius 1 is 1.04 bits per heavy atom. The first-order chi connectivity index (χ1) is 11.6. The number of carbonyl (C=O) groups is 2. The van der Waals surface area contributed by atoms with E-state index in [0.717, 1.165) is 5.56 Å². The maximum Gasteiger partial charge on any atom is 0.325 e. The molecule has 0 heterocycles. The Morgan fingerprint density at radius 3 is 2.25 bits per heavy atom. The van der Waals surface area contributed by atoms with Crippen molar-refractivity contribution in [3.63, 3.8) is 0 Å². The number of rotatable bonds is 7. The predicted molar refractivity (Wildman–Crippen MR) is 89.8 cm³/mol. The predicted octanol–water partition coefficient (Wildman–Crippen LogP) is 2.14. The summed E-state index contributed by atoms with van der Waals surface area (Å²) in [6.07, 6.45) is -1.12. The Balaban J connectivity index is 1.77. The molecule has 0 radical (unpaired) electrons. The zero-order valence-corrected chi connectivity index (χ0v) is 13.1. The highest BCUT2D eigenvalue weighted by atomic mass is 16.5. The fraction of sp³-hybridized carbons (Fsp3) is 0.158. The van der Waals surface area contributed by atoms with E-state index in [2.05, 4.69) is 11.9 Å². The minimum Gasteiger partial charge on any atom is -0.460 e. The smallest absolute Gasteiger partial charge is 0.325 e. The second-order valence-corrected chi connectivity index (χ2v) is 5.17. The molecule has 5 heteroatoms. The maximum absolute atomic E-state index is 12.0. The van der Waals surface area contributed by atoms with E-state index in [0.29, 0.717) is 5.56 Å². The Kier molecular flexibility index (Phi) is 6.28. The third-order valence-corrected chi connectivity index (χ3v) is 3.37. The highest BCUT2D eigenvalue weighted by molar-refractivity contribution is 5.95. The van der Waals surface area contributed by atoms with E-state index in [1.165, 1.54) is 0 Å².